The lowest BCUT2D eigenvalue weighted by Gasteiger charge is -2.23. The summed E-state index contributed by atoms with van der Waals surface area (Å²) in [5.74, 6) is -1.45. The largest absolute Gasteiger partial charge is 0.481 e. The molecule has 0 aliphatic heterocycles. The van der Waals surface area contributed by atoms with Crippen LogP contribution in [-0.2, 0) is 9.53 Å². The molecule has 0 heterocycles. The monoisotopic (exact) mass is 274 g/mol. The zero-order valence-corrected chi connectivity index (χ0v) is 12.3. The van der Waals surface area contributed by atoms with E-state index in [0.717, 1.165) is 6.42 Å². The second-order valence-electron chi connectivity index (χ2n) is 5.78. The van der Waals surface area contributed by atoms with Gasteiger partial charge in [-0.3, -0.25) is 4.79 Å². The molecule has 0 bridgehead atoms. The summed E-state index contributed by atoms with van der Waals surface area (Å²) < 4.78 is 4.86. The molecule has 0 aliphatic rings. The van der Waals surface area contributed by atoms with Crippen molar-refractivity contribution >= 4 is 12.0 Å². The molecule has 0 aliphatic carbocycles. The third kappa shape index (κ3) is 10.3. The van der Waals surface area contributed by atoms with Gasteiger partial charge in [-0.15, -0.1) is 0 Å². The predicted molar refractivity (Wildman–Crippen MR) is 73.1 cm³/mol. The molecule has 3 N–H and O–H groups in total. The van der Waals surface area contributed by atoms with E-state index >= 15 is 0 Å². The van der Waals surface area contributed by atoms with Crippen molar-refractivity contribution in [3.63, 3.8) is 0 Å². The molecule has 0 radical (unpaired) electrons. The Kier molecular flexibility index (Phi) is 8.14. The van der Waals surface area contributed by atoms with Crippen LogP contribution in [-0.4, -0.2) is 43.9 Å². The second kappa shape index (κ2) is 8.74. The number of ether oxygens (including phenoxy) is 1. The highest BCUT2D eigenvalue weighted by atomic mass is 16.5. The third-order valence-corrected chi connectivity index (χ3v) is 2.53. The van der Waals surface area contributed by atoms with E-state index in [0.29, 0.717) is 19.6 Å². The molecular weight excluding hydrogens is 248 g/mol. The smallest absolute Gasteiger partial charge is 0.314 e. The van der Waals surface area contributed by atoms with Gasteiger partial charge in [-0.05, 0) is 18.3 Å². The fraction of sp³-hybridized carbons (Fsp3) is 0.846. The van der Waals surface area contributed by atoms with Gasteiger partial charge in [-0.2, -0.15) is 0 Å². The van der Waals surface area contributed by atoms with Gasteiger partial charge in [0, 0.05) is 26.8 Å². The van der Waals surface area contributed by atoms with E-state index < -0.39 is 11.9 Å². The van der Waals surface area contributed by atoms with Crippen LogP contribution >= 0.6 is 0 Å². The van der Waals surface area contributed by atoms with Crippen LogP contribution in [0.4, 0.5) is 4.79 Å². The van der Waals surface area contributed by atoms with Crippen molar-refractivity contribution in [1.29, 1.82) is 0 Å². The fourth-order valence-electron chi connectivity index (χ4n) is 1.68. The molecule has 0 saturated carbocycles. The van der Waals surface area contributed by atoms with E-state index in [4.69, 9.17) is 9.84 Å². The summed E-state index contributed by atoms with van der Waals surface area (Å²) >= 11 is 0. The SMILES string of the molecule is COCCCNC(=O)NCC(CC(C)(C)C)C(=O)O. The van der Waals surface area contributed by atoms with E-state index in [9.17, 15) is 9.59 Å². The van der Waals surface area contributed by atoms with Crippen molar-refractivity contribution in [2.75, 3.05) is 26.8 Å². The lowest BCUT2D eigenvalue weighted by atomic mass is 9.84. The minimum absolute atomic E-state index is 0.0837. The van der Waals surface area contributed by atoms with Crippen molar-refractivity contribution in [3.05, 3.63) is 0 Å². The van der Waals surface area contributed by atoms with Crippen LogP contribution in [0.15, 0.2) is 0 Å². The number of carboxylic acids is 1. The Morgan fingerprint density at radius 3 is 2.37 bits per heavy atom. The lowest BCUT2D eigenvalue weighted by Crippen LogP contribution is -2.41. The maximum Gasteiger partial charge on any atom is 0.314 e. The number of hydrogen-bond acceptors (Lipinski definition) is 3. The normalized spacial score (nSPS) is 12.8. The highest BCUT2D eigenvalue weighted by molar-refractivity contribution is 5.75. The van der Waals surface area contributed by atoms with Gasteiger partial charge in [-0.1, -0.05) is 20.8 Å². The van der Waals surface area contributed by atoms with Crippen LogP contribution in [0.5, 0.6) is 0 Å². The van der Waals surface area contributed by atoms with Crippen LogP contribution in [0.25, 0.3) is 0 Å². The number of hydrogen-bond donors (Lipinski definition) is 3. The van der Waals surface area contributed by atoms with E-state index in [2.05, 4.69) is 10.6 Å². The minimum Gasteiger partial charge on any atom is -0.481 e. The Balaban J connectivity index is 3.98. The number of rotatable bonds is 8. The van der Waals surface area contributed by atoms with E-state index in [1.165, 1.54) is 0 Å². The molecule has 0 rings (SSSR count). The highest BCUT2D eigenvalue weighted by Gasteiger charge is 2.24. The van der Waals surface area contributed by atoms with Crippen LogP contribution < -0.4 is 10.6 Å². The quantitative estimate of drug-likeness (QED) is 0.585. The van der Waals surface area contributed by atoms with E-state index in [1.54, 1.807) is 7.11 Å². The molecule has 112 valence electrons. The van der Waals surface area contributed by atoms with Crippen LogP contribution in [0, 0.1) is 11.3 Å². The molecule has 2 amide bonds. The van der Waals surface area contributed by atoms with Gasteiger partial charge >= 0.3 is 12.0 Å². The van der Waals surface area contributed by atoms with Gasteiger partial charge in [0.05, 0.1) is 5.92 Å². The first-order chi connectivity index (χ1) is 8.76. The lowest BCUT2D eigenvalue weighted by molar-refractivity contribution is -0.142. The maximum absolute atomic E-state index is 11.4. The Morgan fingerprint density at radius 1 is 1.26 bits per heavy atom. The predicted octanol–water partition coefficient (Wildman–Crippen LogP) is 1.46. The topological polar surface area (TPSA) is 87.7 Å². The number of aliphatic carboxylic acids is 1. The number of carbonyl (C=O) groups is 2. The molecule has 0 saturated heterocycles. The van der Waals surface area contributed by atoms with Crippen molar-refractivity contribution in [2.45, 2.75) is 33.6 Å². The summed E-state index contributed by atoms with van der Waals surface area (Å²) in [6.45, 7) is 7.18. The molecule has 0 fully saturated rings. The molecule has 6 heteroatoms. The highest BCUT2D eigenvalue weighted by Crippen LogP contribution is 2.24. The third-order valence-electron chi connectivity index (χ3n) is 2.53. The molecule has 1 atom stereocenters. The first kappa shape index (κ1) is 17.7. The molecule has 0 aromatic carbocycles. The average molecular weight is 274 g/mol. The molecule has 0 spiro atoms. The van der Waals surface area contributed by atoms with Gasteiger partial charge in [0.25, 0.3) is 0 Å². The Labute approximate surface area is 114 Å². The molecular formula is C13H26N2O4. The van der Waals surface area contributed by atoms with Gasteiger partial charge in [0.2, 0.25) is 0 Å². The summed E-state index contributed by atoms with van der Waals surface area (Å²) in [6.07, 6.45) is 1.25. The zero-order valence-electron chi connectivity index (χ0n) is 12.3. The van der Waals surface area contributed by atoms with Gasteiger partial charge in [0.1, 0.15) is 0 Å². The van der Waals surface area contributed by atoms with E-state index in [1.807, 2.05) is 20.8 Å². The van der Waals surface area contributed by atoms with Crippen molar-refractivity contribution < 1.29 is 19.4 Å². The summed E-state index contributed by atoms with van der Waals surface area (Å²) in [7, 11) is 1.60. The first-order valence-corrected chi connectivity index (χ1v) is 6.49. The van der Waals surface area contributed by atoms with Crippen LogP contribution in [0.2, 0.25) is 0 Å². The van der Waals surface area contributed by atoms with Crippen molar-refractivity contribution in [2.24, 2.45) is 11.3 Å². The minimum atomic E-state index is -0.880. The molecule has 1 unspecified atom stereocenters. The van der Waals surface area contributed by atoms with Crippen molar-refractivity contribution in [1.82, 2.24) is 10.6 Å². The van der Waals surface area contributed by atoms with Gasteiger partial charge in [0.15, 0.2) is 0 Å². The standard InChI is InChI=1S/C13H26N2O4/c1-13(2,3)8-10(11(16)17)9-15-12(18)14-6-5-7-19-4/h10H,5-9H2,1-4H3,(H,16,17)(H2,14,15,18). The number of nitrogens with one attached hydrogen (secondary N) is 2. The van der Waals surface area contributed by atoms with Gasteiger partial charge in [-0.25, -0.2) is 4.79 Å². The Bertz CT molecular complexity index is 287. The maximum atomic E-state index is 11.4. The van der Waals surface area contributed by atoms with Crippen molar-refractivity contribution in [3.8, 4) is 0 Å². The number of methoxy groups -OCH3 is 1. The first-order valence-electron chi connectivity index (χ1n) is 6.49. The number of carbonyl (C=O) groups excluding carboxylic acids is 1. The second-order valence-corrected chi connectivity index (χ2v) is 5.78. The number of urea groups is 1. The molecule has 0 aromatic rings. The summed E-state index contributed by atoms with van der Waals surface area (Å²) in [5, 5.41) is 14.4. The van der Waals surface area contributed by atoms with E-state index in [-0.39, 0.29) is 18.0 Å². The summed E-state index contributed by atoms with van der Waals surface area (Å²) in [4.78, 5) is 22.5. The molecule has 6 nitrogen and oxygen atoms in total. The Morgan fingerprint density at radius 2 is 1.89 bits per heavy atom. The van der Waals surface area contributed by atoms with Crippen LogP contribution in [0.3, 0.4) is 0 Å². The molecule has 0 aromatic heterocycles. The summed E-state index contributed by atoms with van der Waals surface area (Å²) in [6, 6.07) is -0.337. The van der Waals surface area contributed by atoms with Gasteiger partial charge < -0.3 is 20.5 Å². The average Bonchev–Trinajstić information content (AvgIpc) is 2.28. The molecule has 19 heavy (non-hydrogen) atoms. The fourth-order valence-corrected chi connectivity index (χ4v) is 1.68. The zero-order chi connectivity index (χ0) is 14.9. The van der Waals surface area contributed by atoms with Crippen LogP contribution in [0.1, 0.15) is 33.6 Å². The number of amides is 2. The summed E-state index contributed by atoms with van der Waals surface area (Å²) in [5.41, 5.74) is -0.0837. The number of carboxylic acid groups (broad SMARTS) is 1. The Hall–Kier alpha value is -1.30.